The van der Waals surface area contributed by atoms with E-state index in [9.17, 15) is 14.0 Å². The van der Waals surface area contributed by atoms with Crippen molar-refractivity contribution in [3.05, 3.63) is 76.5 Å². The third kappa shape index (κ3) is 4.05. The Labute approximate surface area is 149 Å². The Hall–Kier alpha value is -3.22. The van der Waals surface area contributed by atoms with Gasteiger partial charge in [-0.15, -0.1) is 0 Å². The molecule has 1 N–H and O–H groups in total. The lowest BCUT2D eigenvalue weighted by molar-refractivity contribution is -0.124. The highest BCUT2D eigenvalue weighted by Gasteiger charge is 2.18. The maximum Gasteiger partial charge on any atom is 0.267 e. The molecule has 0 aliphatic rings. The normalized spacial score (nSPS) is 11.9. The van der Waals surface area contributed by atoms with Crippen molar-refractivity contribution in [3.8, 4) is 11.5 Å². The van der Waals surface area contributed by atoms with Gasteiger partial charge in [-0.25, -0.2) is 9.07 Å². The molecule has 2 heterocycles. The van der Waals surface area contributed by atoms with Crippen molar-refractivity contribution >= 4 is 5.91 Å². The van der Waals surface area contributed by atoms with Crippen LogP contribution >= 0.6 is 0 Å². The van der Waals surface area contributed by atoms with Gasteiger partial charge in [0, 0.05) is 12.6 Å². The fourth-order valence-electron chi connectivity index (χ4n) is 2.50. The van der Waals surface area contributed by atoms with Crippen LogP contribution in [0.4, 0.5) is 4.39 Å². The average molecular weight is 355 g/mol. The predicted octanol–water partition coefficient (Wildman–Crippen LogP) is 2.56. The summed E-state index contributed by atoms with van der Waals surface area (Å²) in [5, 5.41) is 6.99. The van der Waals surface area contributed by atoms with E-state index < -0.39 is 6.04 Å². The number of carbonyl (C=O) groups excluding carboxylic acids is 1. The fourth-order valence-corrected chi connectivity index (χ4v) is 2.50. The second-order valence-electron chi connectivity index (χ2n) is 5.82. The Morgan fingerprint density at radius 3 is 2.69 bits per heavy atom. The number of hydrogen-bond acceptors (Lipinski definition) is 4. The molecule has 134 valence electrons. The summed E-state index contributed by atoms with van der Waals surface area (Å²) in [5.74, 6) is -0.103. The van der Waals surface area contributed by atoms with E-state index in [2.05, 4.69) is 10.4 Å². The van der Waals surface area contributed by atoms with Crippen LogP contribution in [-0.4, -0.2) is 22.2 Å². The van der Waals surface area contributed by atoms with Crippen molar-refractivity contribution < 1.29 is 13.6 Å². The summed E-state index contributed by atoms with van der Waals surface area (Å²) in [6.07, 6.45) is 2.07. The molecule has 1 atom stereocenters. The molecule has 0 fully saturated rings. The first-order valence-electron chi connectivity index (χ1n) is 8.20. The first-order valence-corrected chi connectivity index (χ1v) is 8.20. The number of rotatable bonds is 6. The number of carbonyl (C=O) groups is 1. The summed E-state index contributed by atoms with van der Waals surface area (Å²) < 4.78 is 19.3. The minimum atomic E-state index is -0.773. The van der Waals surface area contributed by atoms with Crippen LogP contribution < -0.4 is 10.9 Å². The lowest BCUT2D eigenvalue weighted by atomic mass is 10.1. The standard InChI is InChI=1S/C19H18FN3O3/c1-13(19(25)21-11-10-14-4-6-15(20)7-5-14)23-18(24)9-8-16(22-23)17-3-2-12-26-17/h2-9,12-13H,10-11H2,1H3,(H,21,25). The minimum Gasteiger partial charge on any atom is -0.463 e. The van der Waals surface area contributed by atoms with Crippen molar-refractivity contribution in [2.24, 2.45) is 0 Å². The van der Waals surface area contributed by atoms with Gasteiger partial charge in [0.05, 0.1) is 6.26 Å². The molecular formula is C19H18FN3O3. The van der Waals surface area contributed by atoms with Gasteiger partial charge < -0.3 is 9.73 Å². The van der Waals surface area contributed by atoms with Gasteiger partial charge in [-0.05, 0) is 49.2 Å². The van der Waals surface area contributed by atoms with Crippen LogP contribution in [0, 0.1) is 5.82 Å². The van der Waals surface area contributed by atoms with E-state index in [1.54, 1.807) is 37.3 Å². The van der Waals surface area contributed by atoms with Crippen LogP contribution in [0.3, 0.4) is 0 Å². The molecular weight excluding hydrogens is 337 g/mol. The third-order valence-corrected chi connectivity index (χ3v) is 3.97. The van der Waals surface area contributed by atoms with E-state index in [0.717, 1.165) is 10.2 Å². The molecule has 0 saturated heterocycles. The molecule has 3 rings (SSSR count). The zero-order chi connectivity index (χ0) is 18.5. The second-order valence-corrected chi connectivity index (χ2v) is 5.82. The molecule has 26 heavy (non-hydrogen) atoms. The number of amides is 1. The van der Waals surface area contributed by atoms with Crippen molar-refractivity contribution in [1.82, 2.24) is 15.1 Å². The molecule has 7 heteroatoms. The first-order chi connectivity index (χ1) is 12.5. The number of furan rings is 1. The quantitative estimate of drug-likeness (QED) is 0.737. The van der Waals surface area contributed by atoms with Gasteiger partial charge in [-0.2, -0.15) is 5.10 Å². The molecule has 1 unspecified atom stereocenters. The zero-order valence-electron chi connectivity index (χ0n) is 14.2. The number of aromatic nitrogens is 2. The molecule has 0 radical (unpaired) electrons. The van der Waals surface area contributed by atoms with Gasteiger partial charge in [0.25, 0.3) is 5.56 Å². The lowest BCUT2D eigenvalue weighted by Gasteiger charge is -2.14. The van der Waals surface area contributed by atoms with Crippen LogP contribution in [0.2, 0.25) is 0 Å². The molecule has 1 amide bonds. The van der Waals surface area contributed by atoms with E-state index in [1.165, 1.54) is 24.5 Å². The SMILES string of the molecule is CC(C(=O)NCCc1ccc(F)cc1)n1nc(-c2ccco2)ccc1=O. The summed E-state index contributed by atoms with van der Waals surface area (Å²) >= 11 is 0. The summed E-state index contributed by atoms with van der Waals surface area (Å²) in [6, 6.07) is 11.7. The summed E-state index contributed by atoms with van der Waals surface area (Å²) in [7, 11) is 0. The Bertz CT molecular complexity index is 933. The molecule has 1 aromatic carbocycles. The number of hydrogen-bond donors (Lipinski definition) is 1. The average Bonchev–Trinajstić information content (AvgIpc) is 3.18. The van der Waals surface area contributed by atoms with E-state index in [4.69, 9.17) is 4.42 Å². The molecule has 0 bridgehead atoms. The van der Waals surface area contributed by atoms with Crippen molar-refractivity contribution in [2.45, 2.75) is 19.4 Å². The van der Waals surface area contributed by atoms with E-state index in [0.29, 0.717) is 24.4 Å². The Morgan fingerprint density at radius 2 is 2.00 bits per heavy atom. The van der Waals surface area contributed by atoms with Crippen molar-refractivity contribution in [2.75, 3.05) is 6.54 Å². The maximum atomic E-state index is 12.9. The van der Waals surface area contributed by atoms with Crippen LogP contribution in [0.15, 0.2) is 64.0 Å². The second kappa shape index (κ2) is 7.77. The fraction of sp³-hybridized carbons (Fsp3) is 0.211. The highest BCUT2D eigenvalue weighted by Crippen LogP contribution is 2.16. The molecule has 2 aromatic heterocycles. The molecule has 0 aliphatic carbocycles. The minimum absolute atomic E-state index is 0.298. The largest absolute Gasteiger partial charge is 0.463 e. The maximum absolute atomic E-state index is 12.9. The third-order valence-electron chi connectivity index (χ3n) is 3.97. The monoisotopic (exact) mass is 355 g/mol. The highest BCUT2D eigenvalue weighted by molar-refractivity contribution is 5.79. The number of benzene rings is 1. The summed E-state index contributed by atoms with van der Waals surface area (Å²) in [6.45, 7) is 1.98. The Balaban J connectivity index is 1.65. The first kappa shape index (κ1) is 17.6. The van der Waals surface area contributed by atoms with Crippen molar-refractivity contribution in [1.29, 1.82) is 0 Å². The Morgan fingerprint density at radius 1 is 1.23 bits per heavy atom. The van der Waals surface area contributed by atoms with Crippen LogP contribution in [0.1, 0.15) is 18.5 Å². The van der Waals surface area contributed by atoms with E-state index in [-0.39, 0.29) is 17.3 Å². The van der Waals surface area contributed by atoms with Gasteiger partial charge in [-0.3, -0.25) is 9.59 Å². The summed E-state index contributed by atoms with van der Waals surface area (Å²) in [5.41, 5.74) is 1.01. The number of nitrogens with one attached hydrogen (secondary N) is 1. The van der Waals surface area contributed by atoms with Gasteiger partial charge in [-0.1, -0.05) is 12.1 Å². The smallest absolute Gasteiger partial charge is 0.267 e. The van der Waals surface area contributed by atoms with Gasteiger partial charge >= 0.3 is 0 Å². The molecule has 0 spiro atoms. The van der Waals surface area contributed by atoms with E-state index in [1.807, 2.05) is 0 Å². The highest BCUT2D eigenvalue weighted by atomic mass is 19.1. The zero-order valence-corrected chi connectivity index (χ0v) is 14.2. The van der Waals surface area contributed by atoms with Crippen LogP contribution in [0.25, 0.3) is 11.5 Å². The van der Waals surface area contributed by atoms with E-state index >= 15 is 0 Å². The topological polar surface area (TPSA) is 77.1 Å². The van der Waals surface area contributed by atoms with Gasteiger partial charge in [0.15, 0.2) is 5.76 Å². The predicted molar refractivity (Wildman–Crippen MR) is 94.0 cm³/mol. The van der Waals surface area contributed by atoms with Crippen molar-refractivity contribution in [3.63, 3.8) is 0 Å². The van der Waals surface area contributed by atoms with Crippen LogP contribution in [-0.2, 0) is 11.2 Å². The molecule has 6 nitrogen and oxygen atoms in total. The summed E-state index contributed by atoms with van der Waals surface area (Å²) in [4.78, 5) is 24.4. The van der Waals surface area contributed by atoms with Gasteiger partial charge in [0.2, 0.25) is 5.91 Å². The number of nitrogens with zero attached hydrogens (tertiary/aromatic N) is 2. The van der Waals surface area contributed by atoms with Crippen LogP contribution in [0.5, 0.6) is 0 Å². The number of halogens is 1. The lowest BCUT2D eigenvalue weighted by Crippen LogP contribution is -2.37. The molecule has 3 aromatic rings. The molecule has 0 saturated carbocycles. The van der Waals surface area contributed by atoms with Gasteiger partial charge in [0.1, 0.15) is 17.6 Å². The Kier molecular flexibility index (Phi) is 5.26. The molecule has 0 aliphatic heterocycles.